The third kappa shape index (κ3) is 5.57. The Hall–Kier alpha value is -2.93. The number of carbonyl (C=O) groups excluding carboxylic acids is 1. The molecule has 0 radical (unpaired) electrons. The highest BCUT2D eigenvalue weighted by Crippen LogP contribution is 2.33. The zero-order chi connectivity index (χ0) is 21.5. The van der Waals surface area contributed by atoms with Crippen molar-refractivity contribution in [3.05, 3.63) is 65.2 Å². The lowest BCUT2D eigenvalue weighted by Gasteiger charge is -2.34. The van der Waals surface area contributed by atoms with Crippen molar-refractivity contribution in [3.8, 4) is 11.5 Å². The standard InChI is InChI=1S/C23H26F2N2O3/c1-17-6-3-4-7-19(17)16-26-12-14-27(15-13-26)21(28)11-10-18-8-5-9-20(29-2)22(18)30-23(24)25/h3-11,23H,12-16H2,1-2H3/b11-10+. The van der Waals surface area contributed by atoms with Crippen molar-refractivity contribution in [2.45, 2.75) is 20.1 Å². The van der Waals surface area contributed by atoms with Crippen LogP contribution in [-0.4, -0.2) is 55.6 Å². The maximum Gasteiger partial charge on any atom is 0.387 e. The van der Waals surface area contributed by atoms with Crippen molar-refractivity contribution < 1.29 is 23.0 Å². The first-order chi connectivity index (χ1) is 14.5. The van der Waals surface area contributed by atoms with Gasteiger partial charge in [0.15, 0.2) is 11.5 Å². The first-order valence-corrected chi connectivity index (χ1v) is 9.83. The van der Waals surface area contributed by atoms with Gasteiger partial charge in [-0.15, -0.1) is 0 Å². The zero-order valence-corrected chi connectivity index (χ0v) is 17.2. The summed E-state index contributed by atoms with van der Waals surface area (Å²) in [5, 5.41) is 0. The van der Waals surface area contributed by atoms with Crippen molar-refractivity contribution in [1.29, 1.82) is 0 Å². The van der Waals surface area contributed by atoms with Crippen LogP contribution < -0.4 is 9.47 Å². The van der Waals surface area contributed by atoms with Crippen LogP contribution in [-0.2, 0) is 11.3 Å². The van der Waals surface area contributed by atoms with E-state index in [9.17, 15) is 13.6 Å². The van der Waals surface area contributed by atoms with Gasteiger partial charge in [0, 0.05) is 44.4 Å². The third-order valence-corrected chi connectivity index (χ3v) is 5.18. The molecule has 5 nitrogen and oxygen atoms in total. The van der Waals surface area contributed by atoms with Gasteiger partial charge in [-0.2, -0.15) is 8.78 Å². The molecule has 1 heterocycles. The quantitative estimate of drug-likeness (QED) is 0.641. The Kier molecular flexibility index (Phi) is 7.41. The summed E-state index contributed by atoms with van der Waals surface area (Å²) in [6.45, 7) is 2.79. The summed E-state index contributed by atoms with van der Waals surface area (Å²) in [4.78, 5) is 16.7. The number of ether oxygens (including phenoxy) is 2. The fraction of sp³-hybridized carbons (Fsp3) is 0.348. The second-order valence-corrected chi connectivity index (χ2v) is 7.12. The summed E-state index contributed by atoms with van der Waals surface area (Å²) >= 11 is 0. The van der Waals surface area contributed by atoms with Gasteiger partial charge in [-0.05, 0) is 30.2 Å². The van der Waals surface area contributed by atoms with Crippen LogP contribution in [0, 0.1) is 6.92 Å². The average Bonchev–Trinajstić information content (AvgIpc) is 2.74. The van der Waals surface area contributed by atoms with Gasteiger partial charge >= 0.3 is 6.61 Å². The van der Waals surface area contributed by atoms with E-state index in [0.717, 1.165) is 19.6 Å². The molecule has 0 saturated carbocycles. The van der Waals surface area contributed by atoms with Gasteiger partial charge < -0.3 is 14.4 Å². The van der Waals surface area contributed by atoms with E-state index in [1.165, 1.54) is 36.5 Å². The number of hydrogen-bond donors (Lipinski definition) is 0. The molecule has 0 spiro atoms. The maximum absolute atomic E-state index is 12.7. The molecule has 30 heavy (non-hydrogen) atoms. The molecule has 0 bridgehead atoms. The first kappa shape index (κ1) is 21.8. The Morgan fingerprint density at radius 1 is 1.10 bits per heavy atom. The Bertz CT molecular complexity index is 894. The van der Waals surface area contributed by atoms with Crippen LogP contribution in [0.3, 0.4) is 0 Å². The van der Waals surface area contributed by atoms with Crippen LogP contribution in [0.1, 0.15) is 16.7 Å². The van der Waals surface area contributed by atoms with E-state index in [4.69, 9.17) is 4.74 Å². The second kappa shape index (κ2) is 10.2. The molecular formula is C23H26F2N2O3. The van der Waals surface area contributed by atoms with E-state index in [1.54, 1.807) is 17.0 Å². The molecule has 7 heteroatoms. The van der Waals surface area contributed by atoms with Crippen molar-refractivity contribution in [2.75, 3.05) is 33.3 Å². The largest absolute Gasteiger partial charge is 0.493 e. The van der Waals surface area contributed by atoms with Crippen LogP contribution in [0.4, 0.5) is 8.78 Å². The average molecular weight is 416 g/mol. The molecule has 0 atom stereocenters. The van der Waals surface area contributed by atoms with Crippen LogP contribution in [0.25, 0.3) is 6.08 Å². The van der Waals surface area contributed by atoms with E-state index in [1.807, 2.05) is 12.1 Å². The molecule has 1 aliphatic rings. The number of rotatable bonds is 7. The molecule has 2 aromatic carbocycles. The lowest BCUT2D eigenvalue weighted by molar-refractivity contribution is -0.127. The highest BCUT2D eigenvalue weighted by molar-refractivity contribution is 5.92. The van der Waals surface area contributed by atoms with Crippen LogP contribution in [0.15, 0.2) is 48.5 Å². The Balaban J connectivity index is 1.60. The summed E-state index contributed by atoms with van der Waals surface area (Å²) < 4.78 is 35.2. The maximum atomic E-state index is 12.7. The third-order valence-electron chi connectivity index (χ3n) is 5.18. The highest BCUT2D eigenvalue weighted by atomic mass is 19.3. The SMILES string of the molecule is COc1cccc(/C=C/C(=O)N2CCN(Cc3ccccc3C)CC2)c1OC(F)F. The highest BCUT2D eigenvalue weighted by Gasteiger charge is 2.20. The molecular weight excluding hydrogens is 390 g/mol. The van der Waals surface area contributed by atoms with Gasteiger partial charge in [0.25, 0.3) is 0 Å². The number of benzene rings is 2. The minimum atomic E-state index is -2.98. The zero-order valence-electron chi connectivity index (χ0n) is 17.2. The summed E-state index contributed by atoms with van der Waals surface area (Å²) in [5.74, 6) is -0.0480. The molecule has 3 rings (SSSR count). The number of hydrogen-bond acceptors (Lipinski definition) is 4. The topological polar surface area (TPSA) is 42.0 Å². The first-order valence-electron chi connectivity index (χ1n) is 9.83. The Labute approximate surface area is 175 Å². The number of methoxy groups -OCH3 is 1. The minimum absolute atomic E-state index is 0.0814. The fourth-order valence-electron chi connectivity index (χ4n) is 3.46. The number of piperazine rings is 1. The number of amides is 1. The van der Waals surface area contributed by atoms with Crippen molar-refractivity contribution >= 4 is 12.0 Å². The molecule has 2 aromatic rings. The van der Waals surface area contributed by atoms with Crippen LogP contribution in [0.5, 0.6) is 11.5 Å². The van der Waals surface area contributed by atoms with Gasteiger partial charge in [0.05, 0.1) is 7.11 Å². The number of nitrogens with zero attached hydrogens (tertiary/aromatic N) is 2. The van der Waals surface area contributed by atoms with Gasteiger partial charge in [0.1, 0.15) is 0 Å². The van der Waals surface area contributed by atoms with Gasteiger partial charge in [-0.1, -0.05) is 36.4 Å². The van der Waals surface area contributed by atoms with Gasteiger partial charge in [0.2, 0.25) is 5.91 Å². The molecule has 1 aliphatic heterocycles. The number of alkyl halides is 2. The summed E-state index contributed by atoms with van der Waals surface area (Å²) in [7, 11) is 1.38. The second-order valence-electron chi connectivity index (χ2n) is 7.12. The summed E-state index contributed by atoms with van der Waals surface area (Å²) in [5.41, 5.74) is 2.92. The molecule has 1 fully saturated rings. The predicted octanol–water partition coefficient (Wildman–Crippen LogP) is 3.96. The number of halogens is 2. The number of para-hydroxylation sites is 1. The molecule has 160 valence electrons. The number of aryl methyl sites for hydroxylation is 1. The minimum Gasteiger partial charge on any atom is -0.493 e. The molecule has 0 unspecified atom stereocenters. The summed E-state index contributed by atoms with van der Waals surface area (Å²) in [6.07, 6.45) is 2.88. The smallest absolute Gasteiger partial charge is 0.387 e. The summed E-state index contributed by atoms with van der Waals surface area (Å²) in [6, 6.07) is 13.1. The van der Waals surface area contributed by atoms with E-state index in [-0.39, 0.29) is 17.4 Å². The number of carbonyl (C=O) groups is 1. The van der Waals surface area contributed by atoms with E-state index in [0.29, 0.717) is 18.7 Å². The van der Waals surface area contributed by atoms with E-state index >= 15 is 0 Å². The molecule has 1 amide bonds. The van der Waals surface area contributed by atoms with Gasteiger partial charge in [-0.3, -0.25) is 9.69 Å². The lowest BCUT2D eigenvalue weighted by Crippen LogP contribution is -2.47. The fourth-order valence-corrected chi connectivity index (χ4v) is 3.46. The van der Waals surface area contributed by atoms with Crippen molar-refractivity contribution in [1.82, 2.24) is 9.80 Å². The van der Waals surface area contributed by atoms with E-state index < -0.39 is 6.61 Å². The molecule has 0 N–H and O–H groups in total. The molecule has 0 aliphatic carbocycles. The van der Waals surface area contributed by atoms with Crippen molar-refractivity contribution in [3.63, 3.8) is 0 Å². The molecule has 1 saturated heterocycles. The van der Waals surface area contributed by atoms with Crippen molar-refractivity contribution in [2.24, 2.45) is 0 Å². The Morgan fingerprint density at radius 2 is 1.83 bits per heavy atom. The lowest BCUT2D eigenvalue weighted by atomic mass is 10.1. The van der Waals surface area contributed by atoms with Gasteiger partial charge in [-0.25, -0.2) is 0 Å². The molecule has 0 aromatic heterocycles. The Morgan fingerprint density at radius 3 is 2.50 bits per heavy atom. The monoisotopic (exact) mass is 416 g/mol. The van der Waals surface area contributed by atoms with Crippen LogP contribution in [0.2, 0.25) is 0 Å². The normalized spacial score (nSPS) is 15.0. The van der Waals surface area contributed by atoms with Crippen LogP contribution >= 0.6 is 0 Å². The van der Waals surface area contributed by atoms with E-state index in [2.05, 4.69) is 28.7 Å². The predicted molar refractivity (Wildman–Crippen MR) is 112 cm³/mol.